The molecule has 1 saturated heterocycles. The lowest BCUT2D eigenvalue weighted by atomic mass is 9.98. The Labute approximate surface area is 187 Å². The van der Waals surface area contributed by atoms with Crippen molar-refractivity contribution in [1.82, 2.24) is 15.5 Å². The number of aliphatic imine (C=N–C) groups is 1. The Morgan fingerprint density at radius 1 is 1.13 bits per heavy atom. The number of likely N-dealkylation sites (tertiary alicyclic amines) is 1. The zero-order valence-corrected chi connectivity index (χ0v) is 19.4. The molecule has 1 aromatic carbocycles. The number of rotatable bonds is 8. The second kappa shape index (κ2) is 11.8. The zero-order valence-electron chi connectivity index (χ0n) is 19.4. The van der Waals surface area contributed by atoms with Crippen LogP contribution in [-0.2, 0) is 11.3 Å². The minimum absolute atomic E-state index is 0.176. The molecule has 0 saturated carbocycles. The highest BCUT2D eigenvalue weighted by atomic mass is 16.2. The average molecular weight is 426 g/mol. The predicted molar refractivity (Wildman–Crippen MR) is 129 cm³/mol. The summed E-state index contributed by atoms with van der Waals surface area (Å²) in [5.41, 5.74) is 2.47. The number of piperidine rings is 1. The molecule has 3 rings (SSSR count). The molecule has 0 radical (unpaired) electrons. The van der Waals surface area contributed by atoms with E-state index in [2.05, 4.69) is 77.6 Å². The summed E-state index contributed by atoms with van der Waals surface area (Å²) in [5.74, 6) is 1.37. The zero-order chi connectivity index (χ0) is 22.1. The van der Waals surface area contributed by atoms with Crippen molar-refractivity contribution in [1.29, 1.82) is 0 Å². The van der Waals surface area contributed by atoms with Gasteiger partial charge in [-0.2, -0.15) is 0 Å². The molecule has 0 bridgehead atoms. The Hall–Kier alpha value is -2.50. The number of anilines is 1. The second-order valence-electron chi connectivity index (χ2n) is 8.50. The monoisotopic (exact) mass is 425 g/mol. The number of nitrogens with one attached hydrogen (secondary N) is 2. The summed E-state index contributed by atoms with van der Waals surface area (Å²) in [6.45, 7) is 11.4. The largest absolute Gasteiger partial charge is 0.364 e. The molecule has 6 nitrogen and oxygen atoms in total. The Morgan fingerprint density at radius 3 is 2.48 bits per heavy atom. The number of amides is 1. The van der Waals surface area contributed by atoms with Crippen molar-refractivity contribution in [3.05, 3.63) is 42.0 Å². The van der Waals surface area contributed by atoms with Crippen molar-refractivity contribution in [3.8, 4) is 0 Å². The average Bonchev–Trinajstić information content (AvgIpc) is 3.34. The van der Waals surface area contributed by atoms with Gasteiger partial charge in [-0.3, -0.25) is 4.79 Å². The first kappa shape index (κ1) is 23.2. The first-order valence-corrected chi connectivity index (χ1v) is 12.0. The number of carbonyl (C=O) groups is 1. The smallest absolute Gasteiger partial charge is 0.225 e. The highest BCUT2D eigenvalue weighted by molar-refractivity contribution is 5.80. The third kappa shape index (κ3) is 6.49. The third-order valence-electron chi connectivity index (χ3n) is 6.34. The Morgan fingerprint density at radius 2 is 1.84 bits per heavy atom. The van der Waals surface area contributed by atoms with E-state index in [4.69, 9.17) is 4.99 Å². The molecule has 1 fully saturated rings. The molecule has 0 aliphatic carbocycles. The van der Waals surface area contributed by atoms with Gasteiger partial charge >= 0.3 is 0 Å². The summed E-state index contributed by atoms with van der Waals surface area (Å²) in [5, 5.41) is 6.97. The fraction of sp³-hybridized carbons (Fsp3) is 0.600. The van der Waals surface area contributed by atoms with Crippen molar-refractivity contribution in [2.24, 2.45) is 10.9 Å². The fourth-order valence-electron chi connectivity index (χ4n) is 4.36. The number of carbonyl (C=O) groups excluding carboxylic acids is 1. The van der Waals surface area contributed by atoms with Crippen molar-refractivity contribution in [2.75, 3.05) is 37.6 Å². The highest BCUT2D eigenvalue weighted by Crippen LogP contribution is 2.19. The van der Waals surface area contributed by atoms with Crippen LogP contribution >= 0.6 is 0 Å². The number of hydrogen-bond acceptors (Lipinski definition) is 3. The number of nitrogens with zero attached hydrogens (tertiary/aromatic N) is 3. The molecule has 2 heterocycles. The normalized spacial score (nSPS) is 17.5. The van der Waals surface area contributed by atoms with Gasteiger partial charge < -0.3 is 20.4 Å². The quantitative estimate of drug-likeness (QED) is 0.380. The van der Waals surface area contributed by atoms with Crippen LogP contribution in [0.15, 0.2) is 41.4 Å². The Bertz CT molecular complexity index is 755. The van der Waals surface area contributed by atoms with Crippen LogP contribution in [0.3, 0.4) is 0 Å². The first-order valence-electron chi connectivity index (χ1n) is 12.0. The van der Waals surface area contributed by atoms with E-state index in [-0.39, 0.29) is 5.92 Å². The van der Waals surface area contributed by atoms with Crippen molar-refractivity contribution in [2.45, 2.75) is 59.0 Å². The van der Waals surface area contributed by atoms with Crippen LogP contribution in [0, 0.1) is 5.92 Å². The molecule has 1 amide bonds. The summed E-state index contributed by atoms with van der Waals surface area (Å²) in [4.78, 5) is 21.9. The second-order valence-corrected chi connectivity index (χ2v) is 8.50. The van der Waals surface area contributed by atoms with Crippen LogP contribution in [0.4, 0.5) is 5.69 Å². The van der Waals surface area contributed by atoms with Gasteiger partial charge in [0, 0.05) is 50.4 Å². The number of hydrogen-bond donors (Lipinski definition) is 2. The molecule has 6 heteroatoms. The van der Waals surface area contributed by atoms with Crippen molar-refractivity contribution < 1.29 is 4.79 Å². The van der Waals surface area contributed by atoms with Crippen molar-refractivity contribution in [3.63, 3.8) is 0 Å². The van der Waals surface area contributed by atoms with E-state index < -0.39 is 0 Å². The molecule has 0 spiro atoms. The van der Waals surface area contributed by atoms with Gasteiger partial charge in [0.05, 0.1) is 6.54 Å². The number of guanidine groups is 1. The molecule has 2 aliphatic rings. The topological polar surface area (TPSA) is 60.0 Å². The molecular weight excluding hydrogens is 386 g/mol. The predicted octanol–water partition coefficient (Wildman–Crippen LogP) is 3.55. The van der Waals surface area contributed by atoms with Crippen molar-refractivity contribution >= 4 is 17.6 Å². The highest BCUT2D eigenvalue weighted by Gasteiger charge is 2.26. The fourth-order valence-corrected chi connectivity index (χ4v) is 4.36. The van der Waals surface area contributed by atoms with Crippen LogP contribution in [0.1, 0.15) is 52.0 Å². The summed E-state index contributed by atoms with van der Waals surface area (Å²) < 4.78 is 0. The summed E-state index contributed by atoms with van der Waals surface area (Å²) >= 11 is 0. The van der Waals surface area contributed by atoms with Gasteiger partial charge in [-0.25, -0.2) is 4.99 Å². The van der Waals surface area contributed by atoms with Gasteiger partial charge in [-0.05, 0) is 50.3 Å². The maximum Gasteiger partial charge on any atom is 0.225 e. The van der Waals surface area contributed by atoms with Gasteiger partial charge in [-0.15, -0.1) is 0 Å². The van der Waals surface area contributed by atoms with Crippen LogP contribution in [0.2, 0.25) is 0 Å². The Kier molecular flexibility index (Phi) is 8.80. The van der Waals surface area contributed by atoms with Crippen LogP contribution in [-0.4, -0.2) is 55.5 Å². The van der Waals surface area contributed by atoms with E-state index in [1.807, 2.05) is 0 Å². The Balaban J connectivity index is 1.54. The minimum atomic E-state index is 0.176. The summed E-state index contributed by atoms with van der Waals surface area (Å²) in [6.07, 6.45) is 8.21. The molecule has 1 aromatic rings. The molecule has 0 aromatic heterocycles. The standard InChI is InChI=1S/C25H39N5O/c1-4-21(5-2)24(31)30-16-12-22(13-17-30)28-25(26-6-3)27-19-20-10-9-11-23(18-20)29-14-7-8-15-29/h7-11,18,21-22H,4-6,12-17,19H2,1-3H3,(H2,26,27,28). The van der Waals surface area contributed by atoms with Crippen LogP contribution < -0.4 is 15.5 Å². The van der Waals surface area contributed by atoms with Gasteiger partial charge in [0.2, 0.25) is 5.91 Å². The molecule has 2 aliphatic heterocycles. The van der Waals surface area contributed by atoms with Gasteiger partial charge in [0.15, 0.2) is 5.96 Å². The van der Waals surface area contributed by atoms with E-state index in [1.165, 1.54) is 11.3 Å². The van der Waals surface area contributed by atoms with E-state index in [1.54, 1.807) is 0 Å². The van der Waals surface area contributed by atoms with Gasteiger partial charge in [0.1, 0.15) is 0 Å². The molecule has 2 N–H and O–H groups in total. The van der Waals surface area contributed by atoms with E-state index in [9.17, 15) is 4.79 Å². The molecular formula is C25H39N5O. The lowest BCUT2D eigenvalue weighted by Crippen LogP contribution is -2.50. The van der Waals surface area contributed by atoms with Crippen LogP contribution in [0.25, 0.3) is 0 Å². The lowest BCUT2D eigenvalue weighted by molar-refractivity contribution is -0.136. The third-order valence-corrected chi connectivity index (χ3v) is 6.34. The number of benzene rings is 1. The molecule has 0 unspecified atom stereocenters. The summed E-state index contributed by atoms with van der Waals surface area (Å²) in [7, 11) is 0. The molecule has 0 atom stereocenters. The summed E-state index contributed by atoms with van der Waals surface area (Å²) in [6, 6.07) is 9.01. The first-order chi connectivity index (χ1) is 15.1. The van der Waals surface area contributed by atoms with E-state index in [0.717, 1.165) is 64.4 Å². The lowest BCUT2D eigenvalue weighted by Gasteiger charge is -2.34. The maximum atomic E-state index is 12.6. The van der Waals surface area contributed by atoms with Gasteiger partial charge in [0.25, 0.3) is 0 Å². The SMILES string of the molecule is CCNC(=NCc1cccc(N2CC=CC2)c1)NC1CCN(C(=O)C(CC)CC)CC1. The maximum absolute atomic E-state index is 12.6. The molecule has 31 heavy (non-hydrogen) atoms. The van der Waals surface area contributed by atoms with Gasteiger partial charge in [-0.1, -0.05) is 38.1 Å². The van der Waals surface area contributed by atoms with Crippen LogP contribution in [0.5, 0.6) is 0 Å². The van der Waals surface area contributed by atoms with E-state index >= 15 is 0 Å². The minimum Gasteiger partial charge on any atom is -0.364 e. The molecule has 170 valence electrons. The van der Waals surface area contributed by atoms with E-state index in [0.29, 0.717) is 18.5 Å².